The van der Waals surface area contributed by atoms with Crippen LogP contribution in [0.1, 0.15) is 12.0 Å². The molecule has 1 aromatic carbocycles. The van der Waals surface area contributed by atoms with E-state index in [-0.39, 0.29) is 10.6 Å². The lowest BCUT2D eigenvalue weighted by molar-refractivity contribution is -0.384. The zero-order chi connectivity index (χ0) is 10.1. The third-order valence-corrected chi connectivity index (χ3v) is 2.62. The van der Waals surface area contributed by atoms with Crippen molar-refractivity contribution >= 4 is 11.4 Å². The van der Waals surface area contributed by atoms with E-state index in [0.717, 1.165) is 30.6 Å². The summed E-state index contributed by atoms with van der Waals surface area (Å²) >= 11 is 0. The summed E-state index contributed by atoms with van der Waals surface area (Å²) in [5, 5.41) is 10.8. The molecule has 74 valence electrons. The minimum atomic E-state index is -0.305. The molecule has 0 radical (unpaired) electrons. The number of rotatable bonds is 1. The highest BCUT2D eigenvalue weighted by Gasteiger charge is 2.23. The van der Waals surface area contributed by atoms with Crippen molar-refractivity contribution in [3.63, 3.8) is 0 Å². The molecule has 4 heteroatoms. The van der Waals surface area contributed by atoms with Crippen LogP contribution in [0.25, 0.3) is 0 Å². The van der Waals surface area contributed by atoms with Crippen LogP contribution in [0.4, 0.5) is 11.4 Å². The molecule has 2 rings (SSSR count). The van der Waals surface area contributed by atoms with E-state index in [4.69, 9.17) is 0 Å². The Balaban J connectivity index is 2.57. The summed E-state index contributed by atoms with van der Waals surface area (Å²) in [7, 11) is 1.91. The minimum absolute atomic E-state index is 0.227. The Morgan fingerprint density at radius 1 is 1.50 bits per heavy atom. The number of aryl methyl sites for hydroxylation is 1. The number of hydrogen-bond donors (Lipinski definition) is 0. The number of hydrogen-bond acceptors (Lipinski definition) is 3. The van der Waals surface area contributed by atoms with E-state index in [1.165, 1.54) is 0 Å². The first-order chi connectivity index (χ1) is 6.70. The first kappa shape index (κ1) is 8.99. The molecule has 14 heavy (non-hydrogen) atoms. The van der Waals surface area contributed by atoms with Crippen LogP contribution >= 0.6 is 0 Å². The Kier molecular flexibility index (Phi) is 2.11. The Hall–Kier alpha value is -1.58. The molecule has 0 aromatic heterocycles. The number of para-hydroxylation sites is 1. The van der Waals surface area contributed by atoms with Crippen LogP contribution in [0.5, 0.6) is 0 Å². The van der Waals surface area contributed by atoms with E-state index in [1.807, 2.05) is 18.0 Å². The van der Waals surface area contributed by atoms with Gasteiger partial charge in [-0.05, 0) is 18.4 Å². The highest BCUT2D eigenvalue weighted by Crippen LogP contribution is 2.34. The molecule has 0 atom stereocenters. The smallest absolute Gasteiger partial charge is 0.292 e. The Bertz CT molecular complexity index is 376. The molecule has 4 nitrogen and oxygen atoms in total. The average molecular weight is 192 g/mol. The van der Waals surface area contributed by atoms with Crippen LogP contribution in [-0.2, 0) is 6.42 Å². The van der Waals surface area contributed by atoms with Crippen molar-refractivity contribution in [1.82, 2.24) is 0 Å². The molecule has 1 aromatic rings. The van der Waals surface area contributed by atoms with E-state index in [9.17, 15) is 10.1 Å². The van der Waals surface area contributed by atoms with Gasteiger partial charge in [0, 0.05) is 19.7 Å². The van der Waals surface area contributed by atoms with Crippen molar-refractivity contribution < 1.29 is 4.92 Å². The Labute approximate surface area is 82.3 Å². The minimum Gasteiger partial charge on any atom is -0.369 e. The SMILES string of the molecule is CN1CCCc2cccc([N+](=O)[O-])c21. The molecule has 0 saturated carbocycles. The van der Waals surface area contributed by atoms with Gasteiger partial charge in [-0.2, -0.15) is 0 Å². The van der Waals surface area contributed by atoms with E-state index in [2.05, 4.69) is 0 Å². The molecule has 0 fully saturated rings. The van der Waals surface area contributed by atoms with Crippen molar-refractivity contribution in [2.75, 3.05) is 18.5 Å². The Morgan fingerprint density at radius 3 is 3.00 bits per heavy atom. The lowest BCUT2D eigenvalue weighted by atomic mass is 10.0. The van der Waals surface area contributed by atoms with Crippen LogP contribution in [0, 0.1) is 10.1 Å². The maximum atomic E-state index is 10.8. The third-order valence-electron chi connectivity index (χ3n) is 2.62. The molecule has 0 saturated heterocycles. The van der Waals surface area contributed by atoms with Crippen LogP contribution in [0.15, 0.2) is 18.2 Å². The van der Waals surface area contributed by atoms with Crippen LogP contribution in [-0.4, -0.2) is 18.5 Å². The van der Waals surface area contributed by atoms with Gasteiger partial charge in [0.15, 0.2) is 0 Å². The second kappa shape index (κ2) is 3.29. The molecule has 0 bridgehead atoms. The molecule has 1 aliphatic heterocycles. The predicted octanol–water partition coefficient (Wildman–Crippen LogP) is 1.98. The zero-order valence-corrected chi connectivity index (χ0v) is 8.06. The summed E-state index contributed by atoms with van der Waals surface area (Å²) in [4.78, 5) is 12.5. The highest BCUT2D eigenvalue weighted by molar-refractivity contribution is 5.68. The monoisotopic (exact) mass is 192 g/mol. The zero-order valence-electron chi connectivity index (χ0n) is 8.06. The first-order valence-corrected chi connectivity index (χ1v) is 4.67. The van der Waals surface area contributed by atoms with Crippen molar-refractivity contribution in [2.45, 2.75) is 12.8 Å². The van der Waals surface area contributed by atoms with Crippen molar-refractivity contribution in [2.24, 2.45) is 0 Å². The number of benzene rings is 1. The predicted molar refractivity (Wildman–Crippen MR) is 54.7 cm³/mol. The molecule has 0 unspecified atom stereocenters. The topological polar surface area (TPSA) is 46.4 Å². The van der Waals surface area contributed by atoms with Gasteiger partial charge >= 0.3 is 0 Å². The molecule has 0 aliphatic carbocycles. The summed E-state index contributed by atoms with van der Waals surface area (Å²) in [5.74, 6) is 0. The van der Waals surface area contributed by atoms with Gasteiger partial charge in [0.2, 0.25) is 0 Å². The van der Waals surface area contributed by atoms with Gasteiger partial charge in [-0.25, -0.2) is 0 Å². The van der Waals surface area contributed by atoms with Gasteiger partial charge in [-0.15, -0.1) is 0 Å². The fraction of sp³-hybridized carbons (Fsp3) is 0.400. The van der Waals surface area contributed by atoms with Gasteiger partial charge in [-0.3, -0.25) is 10.1 Å². The second-order valence-corrected chi connectivity index (χ2v) is 3.57. The summed E-state index contributed by atoms with van der Waals surface area (Å²) in [6.07, 6.45) is 2.02. The number of fused-ring (bicyclic) bond motifs is 1. The fourth-order valence-electron chi connectivity index (χ4n) is 1.99. The average Bonchev–Trinajstić information content (AvgIpc) is 2.17. The van der Waals surface area contributed by atoms with E-state index in [1.54, 1.807) is 12.1 Å². The summed E-state index contributed by atoms with van der Waals surface area (Å²) < 4.78 is 0. The normalized spacial score (nSPS) is 15.1. The van der Waals surface area contributed by atoms with E-state index in [0.29, 0.717) is 0 Å². The summed E-state index contributed by atoms with van der Waals surface area (Å²) in [6.45, 7) is 0.901. The van der Waals surface area contributed by atoms with Crippen LogP contribution < -0.4 is 4.90 Å². The van der Waals surface area contributed by atoms with Gasteiger partial charge in [0.25, 0.3) is 5.69 Å². The maximum absolute atomic E-state index is 10.8. The van der Waals surface area contributed by atoms with Crippen molar-refractivity contribution in [1.29, 1.82) is 0 Å². The van der Waals surface area contributed by atoms with E-state index < -0.39 is 0 Å². The molecule has 1 heterocycles. The lowest BCUT2D eigenvalue weighted by Gasteiger charge is -2.26. The summed E-state index contributed by atoms with van der Waals surface area (Å²) in [5.41, 5.74) is 2.11. The number of nitro groups is 1. The number of nitro benzene ring substituents is 1. The van der Waals surface area contributed by atoms with Gasteiger partial charge in [0.05, 0.1) is 4.92 Å². The van der Waals surface area contributed by atoms with Gasteiger partial charge in [0.1, 0.15) is 5.69 Å². The first-order valence-electron chi connectivity index (χ1n) is 4.67. The largest absolute Gasteiger partial charge is 0.369 e. The van der Waals surface area contributed by atoms with Crippen molar-refractivity contribution in [3.8, 4) is 0 Å². The van der Waals surface area contributed by atoms with Crippen molar-refractivity contribution in [3.05, 3.63) is 33.9 Å². The third kappa shape index (κ3) is 1.32. The number of nitrogens with zero attached hydrogens (tertiary/aromatic N) is 2. The molecular weight excluding hydrogens is 180 g/mol. The molecule has 0 N–H and O–H groups in total. The van der Waals surface area contributed by atoms with Gasteiger partial charge < -0.3 is 4.90 Å². The van der Waals surface area contributed by atoms with Crippen LogP contribution in [0.3, 0.4) is 0 Å². The fourth-order valence-corrected chi connectivity index (χ4v) is 1.99. The summed E-state index contributed by atoms with van der Waals surface area (Å²) in [6, 6.07) is 5.30. The second-order valence-electron chi connectivity index (χ2n) is 3.57. The molecular formula is C10H12N2O2. The van der Waals surface area contributed by atoms with Gasteiger partial charge in [-0.1, -0.05) is 12.1 Å². The molecule has 1 aliphatic rings. The van der Waals surface area contributed by atoms with E-state index >= 15 is 0 Å². The maximum Gasteiger partial charge on any atom is 0.292 e. The molecule has 0 amide bonds. The Morgan fingerprint density at radius 2 is 2.29 bits per heavy atom. The van der Waals surface area contributed by atoms with Crippen LogP contribution in [0.2, 0.25) is 0 Å². The highest BCUT2D eigenvalue weighted by atomic mass is 16.6. The standard InChI is InChI=1S/C10H12N2O2/c1-11-7-3-5-8-4-2-6-9(10(8)11)12(13)14/h2,4,6H,3,5,7H2,1H3. The molecule has 0 spiro atoms. The lowest BCUT2D eigenvalue weighted by Crippen LogP contribution is -2.25. The number of anilines is 1. The quantitative estimate of drug-likeness (QED) is 0.505.